The number of amides is 2. The van der Waals surface area contributed by atoms with Gasteiger partial charge < -0.3 is 10.2 Å². The van der Waals surface area contributed by atoms with Gasteiger partial charge in [0.05, 0.1) is 0 Å². The summed E-state index contributed by atoms with van der Waals surface area (Å²) in [7, 11) is 0. The Morgan fingerprint density at radius 3 is 2.23 bits per heavy atom. The molecule has 124 valence electrons. The molecule has 0 aromatic heterocycles. The van der Waals surface area contributed by atoms with Crippen LogP contribution in [0, 0.1) is 11.8 Å². The normalized spacial score (nSPS) is 28.6. The van der Waals surface area contributed by atoms with Gasteiger partial charge in [-0.1, -0.05) is 12.8 Å². The molecule has 0 bridgehead atoms. The van der Waals surface area contributed by atoms with Crippen LogP contribution in [0.5, 0.6) is 0 Å². The molecule has 2 aliphatic carbocycles. The monoisotopic (exact) mass is 314 g/mol. The molecule has 0 spiro atoms. The molecule has 22 heavy (non-hydrogen) atoms. The fraction of sp³-hybridized carbons (Fsp3) is 0.875. The van der Waals surface area contributed by atoms with Gasteiger partial charge in [-0.15, -0.1) is 0 Å². The van der Waals surface area contributed by atoms with Crippen LogP contribution in [0.15, 0.2) is 0 Å². The van der Waals surface area contributed by atoms with Gasteiger partial charge in [-0.25, -0.2) is 8.78 Å². The quantitative estimate of drug-likeness (QED) is 0.866. The lowest BCUT2D eigenvalue weighted by Gasteiger charge is -2.34. The third kappa shape index (κ3) is 3.58. The van der Waals surface area contributed by atoms with Gasteiger partial charge in [-0.2, -0.15) is 0 Å². The number of piperidine rings is 1. The maximum atomic E-state index is 12.8. The van der Waals surface area contributed by atoms with E-state index in [1.807, 2.05) is 4.90 Å². The van der Waals surface area contributed by atoms with Crippen molar-refractivity contribution in [2.75, 3.05) is 13.1 Å². The molecule has 1 N–H and O–H groups in total. The first-order chi connectivity index (χ1) is 10.5. The van der Waals surface area contributed by atoms with E-state index < -0.39 is 11.8 Å². The molecule has 2 saturated carbocycles. The summed E-state index contributed by atoms with van der Waals surface area (Å²) in [6.07, 6.45) is 5.53. The summed E-state index contributed by atoms with van der Waals surface area (Å²) in [6, 6.07) is 0.0208. The Bertz CT molecular complexity index is 441. The summed E-state index contributed by atoms with van der Waals surface area (Å²) in [5, 5.41) is 2.85. The molecular formula is C16H24F2N2O2. The van der Waals surface area contributed by atoms with Gasteiger partial charge in [-0.3, -0.25) is 9.59 Å². The molecule has 1 heterocycles. The van der Waals surface area contributed by atoms with E-state index in [4.69, 9.17) is 0 Å². The SMILES string of the molecule is O=C(CC1CC1(F)F)NC1CCN(C(=O)C2CCCC2)CC1. The zero-order valence-electron chi connectivity index (χ0n) is 12.8. The van der Waals surface area contributed by atoms with Crippen LogP contribution in [0.4, 0.5) is 8.78 Å². The summed E-state index contributed by atoms with van der Waals surface area (Å²) in [6.45, 7) is 1.33. The summed E-state index contributed by atoms with van der Waals surface area (Å²) in [5.41, 5.74) is 0. The Kier molecular flexibility index (Phi) is 4.37. The highest BCUT2D eigenvalue weighted by molar-refractivity contribution is 5.79. The average Bonchev–Trinajstić information content (AvgIpc) is 2.92. The van der Waals surface area contributed by atoms with Gasteiger partial charge in [0.25, 0.3) is 5.92 Å². The molecule has 6 heteroatoms. The van der Waals surface area contributed by atoms with E-state index in [0.717, 1.165) is 38.5 Å². The Morgan fingerprint density at radius 2 is 1.68 bits per heavy atom. The largest absolute Gasteiger partial charge is 0.353 e. The van der Waals surface area contributed by atoms with Crippen molar-refractivity contribution < 1.29 is 18.4 Å². The minimum absolute atomic E-state index is 0.0208. The Labute approximate surface area is 129 Å². The van der Waals surface area contributed by atoms with Crippen LogP contribution in [-0.2, 0) is 9.59 Å². The van der Waals surface area contributed by atoms with E-state index in [1.54, 1.807) is 0 Å². The molecule has 0 aromatic rings. The van der Waals surface area contributed by atoms with Crippen molar-refractivity contribution in [3.8, 4) is 0 Å². The predicted molar refractivity (Wildman–Crippen MR) is 77.4 cm³/mol. The highest BCUT2D eigenvalue weighted by Crippen LogP contribution is 2.50. The molecule has 1 unspecified atom stereocenters. The number of likely N-dealkylation sites (tertiary alicyclic amines) is 1. The van der Waals surface area contributed by atoms with Gasteiger partial charge in [0, 0.05) is 43.8 Å². The average molecular weight is 314 g/mol. The first-order valence-corrected chi connectivity index (χ1v) is 8.41. The molecule has 0 radical (unpaired) electrons. The number of nitrogens with zero attached hydrogens (tertiary/aromatic N) is 1. The summed E-state index contributed by atoms with van der Waals surface area (Å²) >= 11 is 0. The first-order valence-electron chi connectivity index (χ1n) is 8.41. The van der Waals surface area contributed by atoms with Crippen LogP contribution < -0.4 is 5.32 Å². The van der Waals surface area contributed by atoms with E-state index in [-0.39, 0.29) is 36.6 Å². The molecule has 2 amide bonds. The van der Waals surface area contributed by atoms with E-state index >= 15 is 0 Å². The van der Waals surface area contributed by atoms with E-state index in [0.29, 0.717) is 13.1 Å². The minimum atomic E-state index is -2.63. The summed E-state index contributed by atoms with van der Waals surface area (Å²) < 4.78 is 25.6. The second-order valence-electron chi connectivity index (χ2n) is 7.01. The van der Waals surface area contributed by atoms with Crippen molar-refractivity contribution >= 4 is 11.8 Å². The highest BCUT2D eigenvalue weighted by Gasteiger charge is 2.57. The lowest BCUT2D eigenvalue weighted by atomic mass is 10.0. The number of hydrogen-bond donors (Lipinski definition) is 1. The van der Waals surface area contributed by atoms with Gasteiger partial charge in [0.15, 0.2) is 0 Å². The Balaban J connectivity index is 1.38. The topological polar surface area (TPSA) is 49.4 Å². The fourth-order valence-corrected chi connectivity index (χ4v) is 3.68. The lowest BCUT2D eigenvalue weighted by Crippen LogP contribution is -2.47. The van der Waals surface area contributed by atoms with Crippen LogP contribution in [0.2, 0.25) is 0 Å². The van der Waals surface area contributed by atoms with Crippen LogP contribution in [-0.4, -0.2) is 41.8 Å². The van der Waals surface area contributed by atoms with Gasteiger partial charge in [0.2, 0.25) is 11.8 Å². The van der Waals surface area contributed by atoms with Crippen molar-refractivity contribution in [2.45, 2.75) is 63.3 Å². The van der Waals surface area contributed by atoms with Crippen molar-refractivity contribution in [1.82, 2.24) is 10.2 Å². The number of halogens is 2. The highest BCUT2D eigenvalue weighted by atomic mass is 19.3. The molecule has 1 atom stereocenters. The van der Waals surface area contributed by atoms with E-state index in [2.05, 4.69) is 5.32 Å². The van der Waals surface area contributed by atoms with Crippen LogP contribution >= 0.6 is 0 Å². The zero-order valence-corrected chi connectivity index (χ0v) is 12.8. The Hall–Kier alpha value is -1.20. The molecular weight excluding hydrogens is 290 g/mol. The molecule has 3 rings (SSSR count). The predicted octanol–water partition coefficient (Wildman–Crippen LogP) is 2.33. The molecule has 1 saturated heterocycles. The standard InChI is InChI=1S/C16H24F2N2O2/c17-16(18)10-12(16)9-14(21)19-13-5-7-20(8-6-13)15(22)11-3-1-2-4-11/h11-13H,1-10H2,(H,19,21). The fourth-order valence-electron chi connectivity index (χ4n) is 3.68. The number of carbonyl (C=O) groups is 2. The number of alkyl halides is 2. The smallest absolute Gasteiger partial charge is 0.252 e. The minimum Gasteiger partial charge on any atom is -0.353 e. The first kappa shape index (κ1) is 15.7. The molecule has 0 aromatic carbocycles. The third-order valence-corrected chi connectivity index (χ3v) is 5.26. The molecule has 1 aliphatic heterocycles. The van der Waals surface area contributed by atoms with Gasteiger partial charge in [-0.05, 0) is 25.7 Å². The van der Waals surface area contributed by atoms with Crippen LogP contribution in [0.3, 0.4) is 0 Å². The van der Waals surface area contributed by atoms with E-state index in [9.17, 15) is 18.4 Å². The lowest BCUT2D eigenvalue weighted by molar-refractivity contribution is -0.136. The number of rotatable bonds is 4. The van der Waals surface area contributed by atoms with Gasteiger partial charge >= 0.3 is 0 Å². The second kappa shape index (κ2) is 6.13. The van der Waals surface area contributed by atoms with Crippen molar-refractivity contribution in [1.29, 1.82) is 0 Å². The maximum absolute atomic E-state index is 12.8. The third-order valence-electron chi connectivity index (χ3n) is 5.26. The number of nitrogens with one attached hydrogen (secondary N) is 1. The molecule has 3 fully saturated rings. The van der Waals surface area contributed by atoms with E-state index in [1.165, 1.54) is 0 Å². The summed E-state index contributed by atoms with van der Waals surface area (Å²) in [5.74, 6) is -3.21. The molecule has 3 aliphatic rings. The van der Waals surface area contributed by atoms with Crippen molar-refractivity contribution in [3.05, 3.63) is 0 Å². The summed E-state index contributed by atoms with van der Waals surface area (Å²) in [4.78, 5) is 26.0. The number of carbonyl (C=O) groups excluding carboxylic acids is 2. The molecule has 4 nitrogen and oxygen atoms in total. The zero-order chi connectivity index (χ0) is 15.7. The van der Waals surface area contributed by atoms with Crippen molar-refractivity contribution in [2.24, 2.45) is 11.8 Å². The van der Waals surface area contributed by atoms with Gasteiger partial charge in [0.1, 0.15) is 0 Å². The maximum Gasteiger partial charge on any atom is 0.252 e. The number of hydrogen-bond acceptors (Lipinski definition) is 2. The second-order valence-corrected chi connectivity index (χ2v) is 7.01. The van der Waals surface area contributed by atoms with Crippen LogP contribution in [0.1, 0.15) is 51.4 Å². The van der Waals surface area contributed by atoms with Crippen LogP contribution in [0.25, 0.3) is 0 Å². The van der Waals surface area contributed by atoms with Crippen molar-refractivity contribution in [3.63, 3.8) is 0 Å². The Morgan fingerprint density at radius 1 is 1.09 bits per heavy atom.